The van der Waals surface area contributed by atoms with E-state index >= 15 is 0 Å². The van der Waals surface area contributed by atoms with E-state index < -0.39 is 28.1 Å². The number of benzene rings is 1. The van der Waals surface area contributed by atoms with Gasteiger partial charge in [-0.15, -0.1) is 0 Å². The molecule has 2 rings (SSSR count). The summed E-state index contributed by atoms with van der Waals surface area (Å²) in [7, 11) is -0.963. The first-order chi connectivity index (χ1) is 15.5. The van der Waals surface area contributed by atoms with Crippen molar-refractivity contribution in [2.75, 3.05) is 33.7 Å². The molecule has 33 heavy (non-hydrogen) atoms. The van der Waals surface area contributed by atoms with E-state index in [1.807, 2.05) is 0 Å². The number of carbonyl (C=O) groups is 2. The summed E-state index contributed by atoms with van der Waals surface area (Å²) in [5.41, 5.74) is 0.653. The number of carbonyl (C=O) groups excluding carboxylic acids is 2. The van der Waals surface area contributed by atoms with E-state index in [1.54, 1.807) is 13.8 Å². The van der Waals surface area contributed by atoms with E-state index in [-0.39, 0.29) is 40.9 Å². The fourth-order valence-corrected chi connectivity index (χ4v) is 3.86. The van der Waals surface area contributed by atoms with Crippen LogP contribution in [0.5, 0.6) is 11.6 Å². The molecule has 11 nitrogen and oxygen atoms in total. The Labute approximate surface area is 192 Å². The molecule has 0 radical (unpaired) electrons. The first-order valence-corrected chi connectivity index (χ1v) is 11.9. The summed E-state index contributed by atoms with van der Waals surface area (Å²) in [6.07, 6.45) is 0.393. The van der Waals surface area contributed by atoms with Gasteiger partial charge in [0.1, 0.15) is 22.8 Å². The van der Waals surface area contributed by atoms with Crippen LogP contribution in [-0.2, 0) is 30.6 Å². The number of ketones is 1. The van der Waals surface area contributed by atoms with Gasteiger partial charge in [-0.2, -0.15) is 5.10 Å². The predicted octanol–water partition coefficient (Wildman–Crippen LogP) is 2.38. The number of aromatic nitrogens is 2. The Morgan fingerprint density at radius 1 is 1.15 bits per heavy atom. The van der Waals surface area contributed by atoms with E-state index in [4.69, 9.17) is 18.9 Å². The molecule has 0 N–H and O–H groups in total. The second-order valence-electron chi connectivity index (χ2n) is 6.94. The standard InChI is InChI=1S/C21H28N2O9S/c1-7-23-20(31-14(3)32-21(25)29-5)16(12-22-23)18(24)15-8-9-17(33(6,26)27)19(13(15)2)30-11-10-28-4/h8-9,12,14H,7,10-11H2,1-6H3. The Morgan fingerprint density at radius 3 is 2.42 bits per heavy atom. The molecule has 0 amide bonds. The lowest BCUT2D eigenvalue weighted by Gasteiger charge is -2.17. The van der Waals surface area contributed by atoms with Crippen molar-refractivity contribution in [2.24, 2.45) is 0 Å². The van der Waals surface area contributed by atoms with Gasteiger partial charge in [-0.3, -0.25) is 4.79 Å². The van der Waals surface area contributed by atoms with Gasteiger partial charge in [0.05, 0.1) is 19.9 Å². The lowest BCUT2D eigenvalue weighted by Crippen LogP contribution is -2.23. The summed E-state index contributed by atoms with van der Waals surface area (Å²) in [4.78, 5) is 24.8. The molecule has 0 aliphatic heterocycles. The third-order valence-electron chi connectivity index (χ3n) is 4.59. The minimum atomic E-state index is -3.62. The van der Waals surface area contributed by atoms with E-state index in [0.717, 1.165) is 13.4 Å². The van der Waals surface area contributed by atoms with Gasteiger partial charge in [0, 0.05) is 38.0 Å². The van der Waals surface area contributed by atoms with E-state index in [1.165, 1.54) is 37.0 Å². The molecule has 1 unspecified atom stereocenters. The molecular formula is C21H28N2O9S. The Hall–Kier alpha value is -3.12. The highest BCUT2D eigenvalue weighted by Gasteiger charge is 2.27. The van der Waals surface area contributed by atoms with Gasteiger partial charge < -0.3 is 23.7 Å². The van der Waals surface area contributed by atoms with Gasteiger partial charge in [-0.25, -0.2) is 17.9 Å². The lowest BCUT2D eigenvalue weighted by atomic mass is 10.00. The van der Waals surface area contributed by atoms with Crippen LogP contribution in [-0.4, -0.2) is 70.1 Å². The summed E-state index contributed by atoms with van der Waals surface area (Å²) in [6.45, 7) is 5.57. The quantitative estimate of drug-likeness (QED) is 0.203. The Kier molecular flexibility index (Phi) is 8.83. The second kappa shape index (κ2) is 11.1. The van der Waals surface area contributed by atoms with E-state index in [0.29, 0.717) is 12.1 Å². The number of rotatable bonds is 11. The third kappa shape index (κ3) is 6.23. The molecule has 182 valence electrons. The molecule has 0 aliphatic rings. The van der Waals surface area contributed by atoms with Crippen molar-refractivity contribution in [2.45, 2.75) is 38.5 Å². The van der Waals surface area contributed by atoms with Gasteiger partial charge in [-0.05, 0) is 26.0 Å². The van der Waals surface area contributed by atoms with Gasteiger partial charge in [0.15, 0.2) is 15.6 Å². The lowest BCUT2D eigenvalue weighted by molar-refractivity contribution is -0.0513. The van der Waals surface area contributed by atoms with Gasteiger partial charge >= 0.3 is 6.16 Å². The highest BCUT2D eigenvalue weighted by molar-refractivity contribution is 7.90. The molecule has 0 saturated carbocycles. The molecule has 2 aromatic rings. The maximum Gasteiger partial charge on any atom is 0.511 e. The number of aryl methyl sites for hydroxylation is 1. The Bertz CT molecular complexity index is 1110. The molecule has 0 bridgehead atoms. The van der Waals surface area contributed by atoms with Crippen LogP contribution in [0.4, 0.5) is 4.79 Å². The minimum absolute atomic E-state index is 0.0338. The Morgan fingerprint density at radius 2 is 1.85 bits per heavy atom. The van der Waals surface area contributed by atoms with Crippen molar-refractivity contribution >= 4 is 21.8 Å². The number of hydrogen-bond donors (Lipinski definition) is 0. The number of nitrogens with zero attached hydrogens (tertiary/aromatic N) is 2. The first kappa shape index (κ1) is 26.1. The molecule has 1 aromatic heterocycles. The SMILES string of the molecule is CCn1ncc(C(=O)c2ccc(S(C)(=O)=O)c(OCCOC)c2C)c1OC(C)OC(=O)OC. The second-order valence-corrected chi connectivity index (χ2v) is 8.93. The molecule has 1 aromatic carbocycles. The third-order valence-corrected chi connectivity index (χ3v) is 5.71. The van der Waals surface area contributed by atoms with Crippen LogP contribution >= 0.6 is 0 Å². The molecule has 0 saturated heterocycles. The van der Waals surface area contributed by atoms with E-state index in [2.05, 4.69) is 9.84 Å². The molecular weight excluding hydrogens is 456 g/mol. The normalized spacial score (nSPS) is 12.2. The van der Waals surface area contributed by atoms with Crippen molar-refractivity contribution in [1.29, 1.82) is 0 Å². The zero-order valence-corrected chi connectivity index (χ0v) is 20.2. The van der Waals surface area contributed by atoms with Crippen molar-refractivity contribution in [3.8, 4) is 11.6 Å². The molecule has 1 heterocycles. The largest absolute Gasteiger partial charge is 0.511 e. The van der Waals surface area contributed by atoms with Crippen molar-refractivity contribution in [3.63, 3.8) is 0 Å². The summed E-state index contributed by atoms with van der Waals surface area (Å²) >= 11 is 0. The monoisotopic (exact) mass is 484 g/mol. The van der Waals surface area contributed by atoms with Gasteiger partial charge in [-0.1, -0.05) is 0 Å². The van der Waals surface area contributed by atoms with Crippen molar-refractivity contribution < 1.29 is 41.7 Å². The highest BCUT2D eigenvalue weighted by Crippen LogP contribution is 2.33. The van der Waals surface area contributed by atoms with Crippen LogP contribution in [0, 0.1) is 6.92 Å². The van der Waals surface area contributed by atoms with Crippen LogP contribution in [0.1, 0.15) is 35.3 Å². The van der Waals surface area contributed by atoms with Crippen molar-refractivity contribution in [3.05, 3.63) is 35.0 Å². The summed E-state index contributed by atoms with van der Waals surface area (Å²) in [6, 6.07) is 2.74. The molecule has 12 heteroatoms. The minimum Gasteiger partial charge on any atom is -0.490 e. The summed E-state index contributed by atoms with van der Waals surface area (Å²) in [5.74, 6) is -0.301. The zero-order chi connectivity index (χ0) is 24.8. The van der Waals surface area contributed by atoms with Crippen LogP contribution in [0.2, 0.25) is 0 Å². The summed E-state index contributed by atoms with van der Waals surface area (Å²) < 4.78 is 51.6. The fraction of sp³-hybridized carbons (Fsp3) is 0.476. The van der Waals surface area contributed by atoms with Crippen LogP contribution < -0.4 is 9.47 Å². The maximum atomic E-state index is 13.4. The van der Waals surface area contributed by atoms with Gasteiger partial charge in [0.25, 0.3) is 0 Å². The Balaban J connectivity index is 2.50. The zero-order valence-electron chi connectivity index (χ0n) is 19.4. The fourth-order valence-electron chi connectivity index (χ4n) is 3.00. The molecule has 0 spiro atoms. The number of hydrogen-bond acceptors (Lipinski definition) is 10. The number of methoxy groups -OCH3 is 2. The highest BCUT2D eigenvalue weighted by atomic mass is 32.2. The predicted molar refractivity (Wildman–Crippen MR) is 117 cm³/mol. The molecule has 0 aliphatic carbocycles. The maximum absolute atomic E-state index is 13.4. The van der Waals surface area contributed by atoms with Crippen molar-refractivity contribution in [1.82, 2.24) is 9.78 Å². The van der Waals surface area contributed by atoms with Crippen LogP contribution in [0.25, 0.3) is 0 Å². The average Bonchev–Trinajstić information content (AvgIpc) is 3.15. The molecule has 1 atom stereocenters. The smallest absolute Gasteiger partial charge is 0.490 e. The van der Waals surface area contributed by atoms with E-state index in [9.17, 15) is 18.0 Å². The topological polar surface area (TPSA) is 132 Å². The average molecular weight is 485 g/mol. The number of ether oxygens (including phenoxy) is 5. The van der Waals surface area contributed by atoms with Crippen LogP contribution in [0.3, 0.4) is 0 Å². The summed E-state index contributed by atoms with van der Waals surface area (Å²) in [5, 5.41) is 4.16. The van der Waals surface area contributed by atoms with Crippen LogP contribution in [0.15, 0.2) is 23.2 Å². The molecule has 0 fully saturated rings. The van der Waals surface area contributed by atoms with Gasteiger partial charge in [0.2, 0.25) is 12.2 Å². The first-order valence-electron chi connectivity index (χ1n) is 10.0. The number of sulfone groups is 1.